The van der Waals surface area contributed by atoms with Gasteiger partial charge in [0.15, 0.2) is 0 Å². The predicted molar refractivity (Wildman–Crippen MR) is 78.6 cm³/mol. The third-order valence-electron chi connectivity index (χ3n) is 2.82. The lowest BCUT2D eigenvalue weighted by molar-refractivity contribution is -0.132. The van der Waals surface area contributed by atoms with Gasteiger partial charge in [0.05, 0.1) is 28.1 Å². The van der Waals surface area contributed by atoms with Crippen molar-refractivity contribution in [3.05, 3.63) is 33.8 Å². The van der Waals surface area contributed by atoms with E-state index in [2.05, 4.69) is 5.32 Å². The van der Waals surface area contributed by atoms with Gasteiger partial charge >= 0.3 is 0 Å². The second-order valence-corrected chi connectivity index (χ2v) is 5.78. The quantitative estimate of drug-likeness (QED) is 0.906. The van der Waals surface area contributed by atoms with Gasteiger partial charge in [-0.2, -0.15) is 5.26 Å². The molecule has 0 spiro atoms. The molecule has 6 heteroatoms. The zero-order valence-corrected chi connectivity index (χ0v) is 13.0. The van der Waals surface area contributed by atoms with Crippen molar-refractivity contribution in [2.24, 2.45) is 5.41 Å². The number of amides is 1. The van der Waals surface area contributed by atoms with E-state index in [1.165, 1.54) is 7.11 Å². The Morgan fingerprint density at radius 3 is 2.70 bits per heavy atom. The summed E-state index contributed by atoms with van der Waals surface area (Å²) in [5.74, 6) is -0.290. The number of methoxy groups -OCH3 is 1. The second-order valence-electron chi connectivity index (χ2n) is 5.00. The molecule has 0 heterocycles. The van der Waals surface area contributed by atoms with Gasteiger partial charge in [-0.1, -0.05) is 35.3 Å². The maximum absolute atomic E-state index is 12.2. The predicted octanol–water partition coefficient (Wildman–Crippen LogP) is 3.35. The molecule has 0 aliphatic carbocycles. The van der Waals surface area contributed by atoms with Crippen molar-refractivity contribution in [3.8, 4) is 6.07 Å². The first-order valence-corrected chi connectivity index (χ1v) is 6.72. The molecule has 0 bridgehead atoms. The van der Waals surface area contributed by atoms with Gasteiger partial charge in [-0.15, -0.1) is 0 Å². The van der Waals surface area contributed by atoms with E-state index in [4.69, 9.17) is 27.9 Å². The number of ether oxygens (including phenoxy) is 1. The number of carbonyl (C=O) groups is 1. The van der Waals surface area contributed by atoms with Crippen molar-refractivity contribution in [2.75, 3.05) is 13.7 Å². The van der Waals surface area contributed by atoms with Crippen LogP contribution >= 0.6 is 23.2 Å². The van der Waals surface area contributed by atoms with Crippen LogP contribution in [0.3, 0.4) is 0 Å². The monoisotopic (exact) mass is 314 g/mol. The Bertz CT molecular complexity index is 538. The summed E-state index contributed by atoms with van der Waals surface area (Å²) < 4.78 is 5.00. The van der Waals surface area contributed by atoms with Crippen molar-refractivity contribution in [2.45, 2.75) is 19.9 Å². The van der Waals surface area contributed by atoms with Crippen LogP contribution in [0.5, 0.6) is 0 Å². The molecular weight excluding hydrogens is 299 g/mol. The molecule has 1 unspecified atom stereocenters. The van der Waals surface area contributed by atoms with Crippen LogP contribution in [0.4, 0.5) is 0 Å². The Morgan fingerprint density at radius 2 is 2.15 bits per heavy atom. The number of benzene rings is 1. The van der Waals surface area contributed by atoms with E-state index in [-0.39, 0.29) is 17.5 Å². The topological polar surface area (TPSA) is 62.1 Å². The summed E-state index contributed by atoms with van der Waals surface area (Å²) >= 11 is 12.0. The lowest BCUT2D eigenvalue weighted by Gasteiger charge is -2.24. The normalized spacial score (nSPS) is 12.6. The van der Waals surface area contributed by atoms with E-state index in [0.717, 1.165) is 0 Å². The molecule has 1 N–H and O–H groups in total. The maximum Gasteiger partial charge on any atom is 0.229 e. The highest BCUT2D eigenvalue weighted by Gasteiger charge is 2.30. The van der Waals surface area contributed by atoms with Crippen molar-refractivity contribution in [1.82, 2.24) is 5.32 Å². The third-order valence-corrected chi connectivity index (χ3v) is 3.65. The van der Waals surface area contributed by atoms with Gasteiger partial charge in [0.25, 0.3) is 0 Å². The number of nitrogens with one attached hydrogen (secondary N) is 1. The van der Waals surface area contributed by atoms with Gasteiger partial charge in [-0.25, -0.2) is 0 Å². The van der Waals surface area contributed by atoms with E-state index < -0.39 is 11.5 Å². The molecular formula is C14H16Cl2N2O2. The van der Waals surface area contributed by atoms with Crippen molar-refractivity contribution in [1.29, 1.82) is 5.26 Å². The molecule has 1 aromatic carbocycles. The summed E-state index contributed by atoms with van der Waals surface area (Å²) in [4.78, 5) is 12.2. The smallest absolute Gasteiger partial charge is 0.229 e. The van der Waals surface area contributed by atoms with Gasteiger partial charge in [0.1, 0.15) is 6.04 Å². The van der Waals surface area contributed by atoms with Gasteiger partial charge in [0, 0.05) is 12.7 Å². The van der Waals surface area contributed by atoms with Crippen LogP contribution in [-0.4, -0.2) is 19.6 Å². The fourth-order valence-electron chi connectivity index (χ4n) is 1.68. The van der Waals surface area contributed by atoms with Crippen molar-refractivity contribution >= 4 is 29.1 Å². The molecule has 0 saturated heterocycles. The van der Waals surface area contributed by atoms with Gasteiger partial charge in [-0.3, -0.25) is 4.79 Å². The number of nitriles is 1. The molecule has 0 fully saturated rings. The first kappa shape index (κ1) is 16.8. The fourth-order valence-corrected chi connectivity index (χ4v) is 2.09. The summed E-state index contributed by atoms with van der Waals surface area (Å²) in [6.07, 6.45) is 0. The Hall–Kier alpha value is -1.28. The summed E-state index contributed by atoms with van der Waals surface area (Å²) in [5.41, 5.74) is -0.266. The van der Waals surface area contributed by atoms with E-state index in [1.807, 2.05) is 6.07 Å². The number of halogens is 2. The zero-order valence-electron chi connectivity index (χ0n) is 11.5. The standard InChI is InChI=1S/C14H16Cl2N2O2/c1-14(2,8-20-3)13(19)18-11(7-17)9-5-4-6-10(15)12(9)16/h4-6,11H,8H2,1-3H3,(H,18,19). The third kappa shape index (κ3) is 3.86. The number of rotatable bonds is 5. The highest BCUT2D eigenvalue weighted by atomic mass is 35.5. The zero-order chi connectivity index (χ0) is 15.3. The summed E-state index contributed by atoms with van der Waals surface area (Å²) in [5, 5.41) is 12.5. The first-order valence-electron chi connectivity index (χ1n) is 5.97. The van der Waals surface area contributed by atoms with E-state index in [0.29, 0.717) is 10.6 Å². The fraction of sp³-hybridized carbons (Fsp3) is 0.429. The molecule has 0 aliphatic rings. The SMILES string of the molecule is COCC(C)(C)C(=O)NC(C#N)c1cccc(Cl)c1Cl. The number of hydrogen-bond acceptors (Lipinski definition) is 3. The van der Waals surface area contributed by atoms with Gasteiger partial charge in [-0.05, 0) is 19.9 Å². The summed E-state index contributed by atoms with van der Waals surface area (Å²) in [6, 6.07) is 6.12. The van der Waals surface area contributed by atoms with Crippen LogP contribution in [0.2, 0.25) is 10.0 Å². The Balaban J connectivity index is 2.97. The molecule has 0 saturated carbocycles. The van der Waals surface area contributed by atoms with Crippen LogP contribution in [0, 0.1) is 16.7 Å². The first-order chi connectivity index (χ1) is 9.33. The Kier molecular flexibility index (Phi) is 5.82. The van der Waals surface area contributed by atoms with Crippen LogP contribution in [0.25, 0.3) is 0 Å². The van der Waals surface area contributed by atoms with Gasteiger partial charge in [0.2, 0.25) is 5.91 Å². The number of hydrogen-bond donors (Lipinski definition) is 1. The largest absolute Gasteiger partial charge is 0.384 e. The minimum absolute atomic E-state index is 0.250. The lowest BCUT2D eigenvalue weighted by atomic mass is 9.92. The molecule has 1 rings (SSSR count). The summed E-state index contributed by atoms with van der Waals surface area (Å²) in [7, 11) is 1.52. The molecule has 0 aromatic heterocycles. The van der Waals surface area contributed by atoms with E-state index in [9.17, 15) is 10.1 Å². The van der Waals surface area contributed by atoms with Gasteiger partial charge < -0.3 is 10.1 Å². The number of nitrogens with zero attached hydrogens (tertiary/aromatic N) is 1. The minimum Gasteiger partial charge on any atom is -0.384 e. The highest BCUT2D eigenvalue weighted by Crippen LogP contribution is 2.30. The maximum atomic E-state index is 12.2. The van der Waals surface area contributed by atoms with Crippen LogP contribution in [0.15, 0.2) is 18.2 Å². The molecule has 0 aliphatic heterocycles. The van der Waals surface area contributed by atoms with Crippen LogP contribution in [-0.2, 0) is 9.53 Å². The molecule has 1 aromatic rings. The van der Waals surface area contributed by atoms with Crippen LogP contribution in [0.1, 0.15) is 25.5 Å². The van der Waals surface area contributed by atoms with Crippen molar-refractivity contribution in [3.63, 3.8) is 0 Å². The lowest BCUT2D eigenvalue weighted by Crippen LogP contribution is -2.41. The van der Waals surface area contributed by atoms with E-state index >= 15 is 0 Å². The Morgan fingerprint density at radius 1 is 1.50 bits per heavy atom. The van der Waals surface area contributed by atoms with E-state index in [1.54, 1.807) is 32.0 Å². The molecule has 1 atom stereocenters. The molecule has 0 radical (unpaired) electrons. The van der Waals surface area contributed by atoms with Crippen molar-refractivity contribution < 1.29 is 9.53 Å². The van der Waals surface area contributed by atoms with Crippen LogP contribution < -0.4 is 5.32 Å². The molecule has 4 nitrogen and oxygen atoms in total. The second kappa shape index (κ2) is 6.94. The number of carbonyl (C=O) groups excluding carboxylic acids is 1. The Labute approximate surface area is 128 Å². The molecule has 108 valence electrons. The minimum atomic E-state index is -0.857. The molecule has 1 amide bonds. The highest BCUT2D eigenvalue weighted by molar-refractivity contribution is 6.42. The average Bonchev–Trinajstić information content (AvgIpc) is 2.39. The molecule has 20 heavy (non-hydrogen) atoms. The summed E-state index contributed by atoms with van der Waals surface area (Å²) in [6.45, 7) is 3.72. The average molecular weight is 315 g/mol.